The van der Waals surface area contributed by atoms with Crippen molar-refractivity contribution >= 4 is 5.69 Å². The first-order chi connectivity index (χ1) is 7.66. The number of rotatable bonds is 3. The second-order valence-corrected chi connectivity index (χ2v) is 4.17. The Bertz CT molecular complexity index is 395. The fraction of sp³-hybridized carbons (Fsp3) is 0.455. The number of hydrogen-bond donors (Lipinski definition) is 1. The molecule has 5 nitrogen and oxygen atoms in total. The lowest BCUT2D eigenvalue weighted by Crippen LogP contribution is -2.26. The summed E-state index contributed by atoms with van der Waals surface area (Å²) in [7, 11) is 0. The molecule has 0 bridgehead atoms. The van der Waals surface area contributed by atoms with E-state index in [9.17, 15) is 10.1 Å². The summed E-state index contributed by atoms with van der Waals surface area (Å²) in [5.41, 5.74) is 6.76. The van der Waals surface area contributed by atoms with E-state index in [-0.39, 0.29) is 16.7 Å². The number of benzene rings is 1. The van der Waals surface area contributed by atoms with Gasteiger partial charge in [0.25, 0.3) is 5.69 Å². The Morgan fingerprint density at radius 1 is 1.50 bits per heavy atom. The third-order valence-corrected chi connectivity index (χ3v) is 2.89. The quantitative estimate of drug-likeness (QED) is 0.613. The fourth-order valence-corrected chi connectivity index (χ4v) is 2.07. The summed E-state index contributed by atoms with van der Waals surface area (Å²) >= 11 is 0. The molecule has 1 saturated heterocycles. The predicted molar refractivity (Wildman–Crippen MR) is 61.0 cm³/mol. The van der Waals surface area contributed by atoms with Crippen LogP contribution in [0.1, 0.15) is 12.0 Å². The molecule has 0 saturated carbocycles. The van der Waals surface area contributed by atoms with Crippen molar-refractivity contribution in [3.05, 3.63) is 39.9 Å². The first kappa shape index (κ1) is 11.0. The van der Waals surface area contributed by atoms with Gasteiger partial charge in [0.1, 0.15) is 0 Å². The van der Waals surface area contributed by atoms with Crippen molar-refractivity contribution in [1.29, 1.82) is 0 Å². The highest BCUT2D eigenvalue weighted by atomic mass is 16.6. The minimum Gasteiger partial charge on any atom is -0.326 e. The van der Waals surface area contributed by atoms with Crippen LogP contribution < -0.4 is 5.73 Å². The van der Waals surface area contributed by atoms with Crippen LogP contribution in [0.25, 0.3) is 0 Å². The van der Waals surface area contributed by atoms with Crippen LogP contribution >= 0.6 is 0 Å². The molecule has 1 heterocycles. The Morgan fingerprint density at radius 2 is 2.25 bits per heavy atom. The highest BCUT2D eigenvalue weighted by molar-refractivity contribution is 5.39. The summed E-state index contributed by atoms with van der Waals surface area (Å²) in [5, 5.41) is 10.8. The lowest BCUT2D eigenvalue weighted by Gasteiger charge is -2.14. The van der Waals surface area contributed by atoms with Gasteiger partial charge in [0.05, 0.1) is 4.92 Å². The number of nitrogens with zero attached hydrogens (tertiary/aromatic N) is 2. The third kappa shape index (κ3) is 2.37. The van der Waals surface area contributed by atoms with Gasteiger partial charge in [-0.15, -0.1) is 0 Å². The summed E-state index contributed by atoms with van der Waals surface area (Å²) in [6, 6.07) is 7.09. The van der Waals surface area contributed by atoms with Gasteiger partial charge in [0, 0.05) is 37.3 Å². The number of hydrogen-bond acceptors (Lipinski definition) is 4. The molecule has 0 aromatic heterocycles. The van der Waals surface area contributed by atoms with Crippen LogP contribution in [0.4, 0.5) is 5.69 Å². The lowest BCUT2D eigenvalue weighted by molar-refractivity contribution is -0.385. The van der Waals surface area contributed by atoms with E-state index in [4.69, 9.17) is 5.73 Å². The zero-order valence-corrected chi connectivity index (χ0v) is 9.00. The van der Waals surface area contributed by atoms with E-state index in [1.807, 2.05) is 12.1 Å². The van der Waals surface area contributed by atoms with Gasteiger partial charge in [-0.05, 0) is 6.42 Å². The number of nitro groups is 1. The Labute approximate surface area is 94.0 Å². The van der Waals surface area contributed by atoms with Crippen molar-refractivity contribution in [3.8, 4) is 0 Å². The topological polar surface area (TPSA) is 72.4 Å². The van der Waals surface area contributed by atoms with Crippen LogP contribution in [-0.2, 0) is 6.54 Å². The summed E-state index contributed by atoms with van der Waals surface area (Å²) in [6.07, 6.45) is 0.973. The second-order valence-electron chi connectivity index (χ2n) is 4.17. The maximum Gasteiger partial charge on any atom is 0.273 e. The van der Waals surface area contributed by atoms with Crippen LogP contribution in [-0.4, -0.2) is 29.0 Å². The van der Waals surface area contributed by atoms with Crippen LogP contribution in [0, 0.1) is 10.1 Å². The average Bonchev–Trinajstić information content (AvgIpc) is 2.64. The molecule has 1 aliphatic rings. The molecule has 0 amide bonds. The van der Waals surface area contributed by atoms with Crippen molar-refractivity contribution < 1.29 is 4.92 Å². The van der Waals surface area contributed by atoms with Gasteiger partial charge in [-0.3, -0.25) is 15.0 Å². The van der Waals surface area contributed by atoms with Gasteiger partial charge in [-0.2, -0.15) is 0 Å². The number of nitrogens with two attached hydrogens (primary N) is 1. The molecule has 1 aromatic carbocycles. The van der Waals surface area contributed by atoms with Gasteiger partial charge in [-0.1, -0.05) is 18.2 Å². The largest absolute Gasteiger partial charge is 0.326 e. The maximum atomic E-state index is 10.8. The summed E-state index contributed by atoms with van der Waals surface area (Å²) < 4.78 is 0. The third-order valence-electron chi connectivity index (χ3n) is 2.89. The highest BCUT2D eigenvalue weighted by Crippen LogP contribution is 2.21. The van der Waals surface area contributed by atoms with Crippen molar-refractivity contribution in [2.45, 2.75) is 19.0 Å². The molecule has 2 N–H and O–H groups in total. The standard InChI is InChI=1S/C11H15N3O2/c12-10-5-6-13(8-10)7-9-3-1-2-4-11(9)14(15)16/h1-4,10H,5-8,12H2/t10-/m1/s1. The van der Waals surface area contributed by atoms with Gasteiger partial charge >= 0.3 is 0 Å². The van der Waals surface area contributed by atoms with Gasteiger partial charge < -0.3 is 5.73 Å². The van der Waals surface area contributed by atoms with E-state index >= 15 is 0 Å². The predicted octanol–water partition coefficient (Wildman–Crippen LogP) is 1.13. The van der Waals surface area contributed by atoms with Crippen LogP contribution in [0.3, 0.4) is 0 Å². The molecule has 5 heteroatoms. The van der Waals surface area contributed by atoms with E-state index in [1.54, 1.807) is 12.1 Å². The average molecular weight is 221 g/mol. The fourth-order valence-electron chi connectivity index (χ4n) is 2.07. The van der Waals surface area contributed by atoms with Gasteiger partial charge in [0.15, 0.2) is 0 Å². The van der Waals surface area contributed by atoms with Crippen molar-refractivity contribution in [1.82, 2.24) is 4.90 Å². The number of nitro benzene ring substituents is 1. The summed E-state index contributed by atoms with van der Waals surface area (Å²) in [5.74, 6) is 0. The van der Waals surface area contributed by atoms with Crippen molar-refractivity contribution in [3.63, 3.8) is 0 Å². The smallest absolute Gasteiger partial charge is 0.273 e. The SMILES string of the molecule is N[C@@H]1CCN(Cc2ccccc2[N+](=O)[O-])C1. The van der Waals surface area contributed by atoms with E-state index in [0.29, 0.717) is 6.54 Å². The molecule has 0 spiro atoms. The monoisotopic (exact) mass is 221 g/mol. The van der Waals surface area contributed by atoms with Crippen molar-refractivity contribution in [2.24, 2.45) is 5.73 Å². The molecule has 0 aliphatic carbocycles. The zero-order valence-electron chi connectivity index (χ0n) is 9.00. The molecular weight excluding hydrogens is 206 g/mol. The van der Waals surface area contributed by atoms with Crippen molar-refractivity contribution in [2.75, 3.05) is 13.1 Å². The number of para-hydroxylation sites is 1. The molecule has 1 aromatic rings. The zero-order chi connectivity index (χ0) is 11.5. The Hall–Kier alpha value is -1.46. The minimum absolute atomic E-state index is 0.197. The maximum absolute atomic E-state index is 10.8. The van der Waals surface area contributed by atoms with Gasteiger partial charge in [0.2, 0.25) is 0 Å². The Balaban J connectivity index is 2.12. The molecule has 0 unspecified atom stereocenters. The first-order valence-electron chi connectivity index (χ1n) is 5.37. The van der Waals surface area contributed by atoms with E-state index in [1.165, 1.54) is 0 Å². The molecule has 1 atom stereocenters. The van der Waals surface area contributed by atoms with Crippen LogP contribution in [0.5, 0.6) is 0 Å². The Morgan fingerprint density at radius 3 is 2.88 bits per heavy atom. The molecule has 2 rings (SSSR count). The van der Waals surface area contributed by atoms with E-state index < -0.39 is 0 Å². The second kappa shape index (κ2) is 4.59. The lowest BCUT2D eigenvalue weighted by atomic mass is 10.1. The molecule has 16 heavy (non-hydrogen) atoms. The van der Waals surface area contributed by atoms with Gasteiger partial charge in [-0.25, -0.2) is 0 Å². The Kier molecular flexibility index (Phi) is 3.17. The highest BCUT2D eigenvalue weighted by Gasteiger charge is 2.21. The van der Waals surface area contributed by atoms with Crippen LogP contribution in [0.2, 0.25) is 0 Å². The minimum atomic E-state index is -0.328. The summed E-state index contributed by atoms with van der Waals surface area (Å²) in [4.78, 5) is 12.7. The van der Waals surface area contributed by atoms with E-state index in [2.05, 4.69) is 4.90 Å². The summed E-state index contributed by atoms with van der Waals surface area (Å²) in [6.45, 7) is 2.37. The van der Waals surface area contributed by atoms with E-state index in [0.717, 1.165) is 25.1 Å². The van der Waals surface area contributed by atoms with Crippen LogP contribution in [0.15, 0.2) is 24.3 Å². The molecule has 86 valence electrons. The molecule has 0 radical (unpaired) electrons. The molecule has 1 fully saturated rings. The number of likely N-dealkylation sites (tertiary alicyclic amines) is 1. The normalized spacial score (nSPS) is 21.2. The molecular formula is C11H15N3O2. The first-order valence-corrected chi connectivity index (χ1v) is 5.37. The molecule has 1 aliphatic heterocycles.